The Hall–Kier alpha value is -1.84. The normalized spacial score (nSPS) is 12.0. The molecule has 0 heterocycles. The molecule has 0 saturated heterocycles. The van der Waals surface area contributed by atoms with Crippen molar-refractivity contribution >= 4 is 11.9 Å². The zero-order valence-corrected chi connectivity index (χ0v) is 12.1. The molecule has 4 heteroatoms. The molecule has 2 N–H and O–H groups in total. The molecule has 0 fully saturated rings. The third-order valence-electron chi connectivity index (χ3n) is 2.15. The quantitative estimate of drug-likeness (QED) is 0.418. The molecule has 0 aliphatic rings. The molecule has 0 unspecified atom stereocenters. The molecule has 0 rings (SSSR count). The molecule has 0 aromatic rings. The largest absolute Gasteiger partial charge is 0.481 e. The monoisotopic (exact) mass is 268 g/mol. The van der Waals surface area contributed by atoms with Gasteiger partial charge in [-0.25, -0.2) is 4.79 Å². The van der Waals surface area contributed by atoms with Crippen LogP contribution in [0, 0.1) is 0 Å². The number of rotatable bonds is 7. The number of aliphatic carboxylic acids is 2. The SMILES string of the molecule is C/C=C\CC(=C/C=C(/C)CCC(=O)O)C(=O)O.CC. The molecule has 0 aliphatic carbocycles. The van der Waals surface area contributed by atoms with E-state index in [1.54, 1.807) is 25.2 Å². The zero-order valence-electron chi connectivity index (χ0n) is 12.1. The first-order chi connectivity index (χ1) is 8.97. The Morgan fingerprint density at radius 1 is 1.05 bits per heavy atom. The van der Waals surface area contributed by atoms with Gasteiger partial charge < -0.3 is 10.2 Å². The summed E-state index contributed by atoms with van der Waals surface area (Å²) in [6.07, 6.45) is 7.61. The molecule has 0 aromatic carbocycles. The van der Waals surface area contributed by atoms with Crippen LogP contribution >= 0.6 is 0 Å². The molecule has 0 radical (unpaired) electrons. The fourth-order valence-electron chi connectivity index (χ4n) is 1.10. The highest BCUT2D eigenvalue weighted by Gasteiger charge is 2.03. The Balaban J connectivity index is 0. The van der Waals surface area contributed by atoms with E-state index < -0.39 is 11.9 Å². The van der Waals surface area contributed by atoms with Crippen LogP contribution in [0.15, 0.2) is 35.5 Å². The van der Waals surface area contributed by atoms with Gasteiger partial charge in [-0.1, -0.05) is 43.7 Å². The Bertz CT molecular complexity index is 362. The van der Waals surface area contributed by atoms with Crippen LogP contribution in [-0.4, -0.2) is 22.2 Å². The summed E-state index contributed by atoms with van der Waals surface area (Å²) in [5.74, 6) is -1.81. The minimum Gasteiger partial charge on any atom is -0.481 e. The number of hydrogen-bond donors (Lipinski definition) is 2. The molecular formula is C15H24O4. The van der Waals surface area contributed by atoms with Gasteiger partial charge in [0.1, 0.15) is 0 Å². The van der Waals surface area contributed by atoms with Crippen molar-refractivity contribution in [1.82, 2.24) is 0 Å². The lowest BCUT2D eigenvalue weighted by molar-refractivity contribution is -0.137. The van der Waals surface area contributed by atoms with Crippen molar-refractivity contribution < 1.29 is 19.8 Å². The van der Waals surface area contributed by atoms with Gasteiger partial charge in [0.15, 0.2) is 0 Å². The molecule has 4 nitrogen and oxygen atoms in total. The average molecular weight is 268 g/mol. The van der Waals surface area contributed by atoms with Crippen molar-refractivity contribution in [3.05, 3.63) is 35.5 Å². The number of carboxylic acid groups (broad SMARTS) is 2. The summed E-state index contributed by atoms with van der Waals surface area (Å²) in [6, 6.07) is 0. The number of carbonyl (C=O) groups is 2. The van der Waals surface area contributed by atoms with Gasteiger partial charge in [0.25, 0.3) is 0 Å². The van der Waals surface area contributed by atoms with Crippen LogP contribution in [0.25, 0.3) is 0 Å². The van der Waals surface area contributed by atoms with E-state index >= 15 is 0 Å². The van der Waals surface area contributed by atoms with Crippen LogP contribution in [0.5, 0.6) is 0 Å². The van der Waals surface area contributed by atoms with E-state index in [4.69, 9.17) is 10.2 Å². The summed E-state index contributed by atoms with van der Waals surface area (Å²) in [6.45, 7) is 7.61. The van der Waals surface area contributed by atoms with Crippen LogP contribution in [-0.2, 0) is 9.59 Å². The van der Waals surface area contributed by atoms with Gasteiger partial charge in [-0.05, 0) is 26.7 Å². The molecule has 0 spiro atoms. The summed E-state index contributed by atoms with van der Waals surface area (Å²) in [4.78, 5) is 21.2. The fraction of sp³-hybridized carbons (Fsp3) is 0.467. The smallest absolute Gasteiger partial charge is 0.331 e. The highest BCUT2D eigenvalue weighted by molar-refractivity contribution is 5.87. The van der Waals surface area contributed by atoms with Gasteiger partial charge in [-0.2, -0.15) is 0 Å². The van der Waals surface area contributed by atoms with Crippen molar-refractivity contribution in [3.63, 3.8) is 0 Å². The second-order valence-corrected chi connectivity index (χ2v) is 3.68. The first kappa shape index (κ1) is 19.5. The first-order valence-electron chi connectivity index (χ1n) is 6.40. The third-order valence-corrected chi connectivity index (χ3v) is 2.15. The second kappa shape index (κ2) is 12.6. The molecule has 0 atom stereocenters. The Morgan fingerprint density at radius 2 is 1.63 bits per heavy atom. The molecule has 0 saturated carbocycles. The van der Waals surface area contributed by atoms with Crippen LogP contribution in [0.3, 0.4) is 0 Å². The van der Waals surface area contributed by atoms with Crippen LogP contribution in [0.2, 0.25) is 0 Å². The molecular weight excluding hydrogens is 244 g/mol. The van der Waals surface area contributed by atoms with Crippen molar-refractivity contribution in [1.29, 1.82) is 0 Å². The van der Waals surface area contributed by atoms with E-state index in [1.165, 1.54) is 6.08 Å². The van der Waals surface area contributed by atoms with Crippen molar-refractivity contribution in [2.45, 2.75) is 47.0 Å². The molecule has 0 amide bonds. The molecule has 108 valence electrons. The van der Waals surface area contributed by atoms with Gasteiger partial charge in [-0.3, -0.25) is 4.79 Å². The van der Waals surface area contributed by atoms with Crippen LogP contribution in [0.4, 0.5) is 0 Å². The number of hydrogen-bond acceptors (Lipinski definition) is 2. The van der Waals surface area contributed by atoms with Gasteiger partial charge in [-0.15, -0.1) is 0 Å². The highest BCUT2D eigenvalue weighted by Crippen LogP contribution is 2.08. The van der Waals surface area contributed by atoms with E-state index in [2.05, 4.69) is 0 Å². The summed E-state index contributed by atoms with van der Waals surface area (Å²) in [5, 5.41) is 17.4. The number of allylic oxidation sites excluding steroid dienone is 5. The summed E-state index contributed by atoms with van der Waals surface area (Å²) < 4.78 is 0. The van der Waals surface area contributed by atoms with Gasteiger partial charge in [0.2, 0.25) is 0 Å². The lowest BCUT2D eigenvalue weighted by Crippen LogP contribution is -1.99. The molecule has 0 aliphatic heterocycles. The molecule has 0 bridgehead atoms. The van der Waals surface area contributed by atoms with E-state index in [-0.39, 0.29) is 12.0 Å². The summed E-state index contributed by atoms with van der Waals surface area (Å²) >= 11 is 0. The van der Waals surface area contributed by atoms with E-state index in [1.807, 2.05) is 20.8 Å². The van der Waals surface area contributed by atoms with E-state index in [0.29, 0.717) is 12.8 Å². The average Bonchev–Trinajstić information content (AvgIpc) is 2.38. The maximum absolute atomic E-state index is 10.9. The maximum Gasteiger partial charge on any atom is 0.331 e. The lowest BCUT2D eigenvalue weighted by Gasteiger charge is -1.98. The summed E-state index contributed by atoms with van der Waals surface area (Å²) in [7, 11) is 0. The van der Waals surface area contributed by atoms with Crippen LogP contribution in [0.1, 0.15) is 47.0 Å². The van der Waals surface area contributed by atoms with Gasteiger partial charge in [0.05, 0.1) is 0 Å². The van der Waals surface area contributed by atoms with E-state index in [9.17, 15) is 9.59 Å². The van der Waals surface area contributed by atoms with Gasteiger partial charge >= 0.3 is 11.9 Å². The highest BCUT2D eigenvalue weighted by atomic mass is 16.4. The topological polar surface area (TPSA) is 74.6 Å². The molecule has 0 aromatic heterocycles. The van der Waals surface area contributed by atoms with Crippen LogP contribution < -0.4 is 0 Å². The van der Waals surface area contributed by atoms with Crippen molar-refractivity contribution in [2.75, 3.05) is 0 Å². The van der Waals surface area contributed by atoms with E-state index in [0.717, 1.165) is 5.57 Å². The lowest BCUT2D eigenvalue weighted by atomic mass is 10.1. The fourth-order valence-corrected chi connectivity index (χ4v) is 1.10. The third kappa shape index (κ3) is 12.4. The molecule has 19 heavy (non-hydrogen) atoms. The predicted octanol–water partition coefficient (Wildman–Crippen LogP) is 3.80. The Labute approximate surface area is 115 Å². The standard InChI is InChI=1S/C13H18O4.C2H6/c1-3-4-5-11(13(16)17)8-6-10(2)7-9-12(14)15;1-2/h3-4,6,8H,5,7,9H2,1-2H3,(H,14,15)(H,16,17);1-2H3/b4-3-,10-6-,11-8?;. The minimum absolute atomic E-state index is 0.0629. The van der Waals surface area contributed by atoms with Crippen molar-refractivity contribution in [3.8, 4) is 0 Å². The maximum atomic E-state index is 10.9. The first-order valence-corrected chi connectivity index (χ1v) is 6.40. The Morgan fingerprint density at radius 3 is 2.05 bits per heavy atom. The zero-order chi connectivity index (χ0) is 15.3. The summed E-state index contributed by atoms with van der Waals surface area (Å²) in [5.41, 5.74) is 1.14. The predicted molar refractivity (Wildman–Crippen MR) is 77.1 cm³/mol. The second-order valence-electron chi connectivity index (χ2n) is 3.68. The minimum atomic E-state index is -0.953. The van der Waals surface area contributed by atoms with Crippen molar-refractivity contribution in [2.24, 2.45) is 0 Å². The Kier molecular flexibility index (Phi) is 12.9. The number of carboxylic acids is 2. The van der Waals surface area contributed by atoms with Gasteiger partial charge in [0, 0.05) is 12.0 Å².